The predicted molar refractivity (Wildman–Crippen MR) is 82.2 cm³/mol. The van der Waals surface area contributed by atoms with Gasteiger partial charge in [0.2, 0.25) is 0 Å². The molecule has 2 aromatic carbocycles. The number of carbonyl (C=O) groups excluding carboxylic acids is 1. The highest BCUT2D eigenvalue weighted by atomic mass is 16.4. The van der Waals surface area contributed by atoms with Gasteiger partial charge in [0.05, 0.1) is 6.07 Å². The molecule has 112 valence electrons. The van der Waals surface area contributed by atoms with Gasteiger partial charge in [0.1, 0.15) is 6.04 Å². The first-order chi connectivity index (χ1) is 10.5. The van der Waals surface area contributed by atoms with E-state index in [4.69, 9.17) is 10.4 Å². The Morgan fingerprint density at radius 2 is 1.91 bits per heavy atom. The number of amides is 1. The molecule has 2 aromatic rings. The van der Waals surface area contributed by atoms with Gasteiger partial charge in [-0.05, 0) is 36.2 Å². The van der Waals surface area contributed by atoms with Crippen LogP contribution in [-0.2, 0) is 4.79 Å². The van der Waals surface area contributed by atoms with Crippen LogP contribution in [-0.4, -0.2) is 23.0 Å². The number of nitrogens with zero attached hydrogens (tertiary/aromatic N) is 1. The van der Waals surface area contributed by atoms with Crippen LogP contribution in [0.15, 0.2) is 42.5 Å². The molecule has 22 heavy (non-hydrogen) atoms. The van der Waals surface area contributed by atoms with Gasteiger partial charge in [-0.2, -0.15) is 5.26 Å². The summed E-state index contributed by atoms with van der Waals surface area (Å²) in [6.45, 7) is 1.62. The molecule has 0 heterocycles. The Balaban J connectivity index is 2.18. The first kappa shape index (κ1) is 15.5. The largest absolute Gasteiger partial charge is 0.480 e. The van der Waals surface area contributed by atoms with E-state index in [1.165, 1.54) is 0 Å². The molecule has 0 saturated carbocycles. The van der Waals surface area contributed by atoms with Crippen molar-refractivity contribution in [1.82, 2.24) is 5.32 Å². The van der Waals surface area contributed by atoms with Crippen molar-refractivity contribution in [3.63, 3.8) is 0 Å². The smallest absolute Gasteiger partial charge is 0.326 e. The van der Waals surface area contributed by atoms with E-state index in [1.807, 2.05) is 36.4 Å². The number of rotatable bonds is 5. The van der Waals surface area contributed by atoms with Crippen molar-refractivity contribution in [3.8, 4) is 6.07 Å². The molecule has 0 radical (unpaired) electrons. The van der Waals surface area contributed by atoms with Crippen molar-refractivity contribution in [2.75, 3.05) is 0 Å². The lowest BCUT2D eigenvalue weighted by molar-refractivity contribution is -0.139. The zero-order chi connectivity index (χ0) is 16.1. The fourth-order valence-corrected chi connectivity index (χ4v) is 2.20. The normalized spacial score (nSPS) is 13.1. The monoisotopic (exact) mass is 296 g/mol. The highest BCUT2D eigenvalue weighted by Crippen LogP contribution is 2.16. The summed E-state index contributed by atoms with van der Waals surface area (Å²) in [5.41, 5.74) is 0.398. The average molecular weight is 296 g/mol. The second-order valence-electron chi connectivity index (χ2n) is 5.19. The minimum Gasteiger partial charge on any atom is -0.480 e. The summed E-state index contributed by atoms with van der Waals surface area (Å²) in [6.07, 6.45) is 0.0746. The lowest BCUT2D eigenvalue weighted by Gasteiger charge is -2.15. The summed E-state index contributed by atoms with van der Waals surface area (Å²) < 4.78 is 0. The molecule has 0 saturated heterocycles. The van der Waals surface area contributed by atoms with Crippen LogP contribution in [0.5, 0.6) is 0 Å². The first-order valence-electron chi connectivity index (χ1n) is 6.93. The standard InChI is InChI=1S/C17H16N2O3/c1-11(10-18)8-15(17(21)22)19-16(20)14-7-6-12-4-2-3-5-13(12)9-14/h2-7,9,11,15H,8H2,1H3,(H,19,20)(H,21,22)/t11-,15+/m1/s1. The van der Waals surface area contributed by atoms with E-state index >= 15 is 0 Å². The Kier molecular flexibility index (Phi) is 4.74. The fourth-order valence-electron chi connectivity index (χ4n) is 2.20. The number of nitriles is 1. The van der Waals surface area contributed by atoms with Crippen molar-refractivity contribution in [3.05, 3.63) is 48.0 Å². The van der Waals surface area contributed by atoms with E-state index < -0.39 is 23.8 Å². The Bertz CT molecular complexity index is 749. The number of fused-ring (bicyclic) bond motifs is 1. The van der Waals surface area contributed by atoms with Crippen LogP contribution in [0.4, 0.5) is 0 Å². The van der Waals surface area contributed by atoms with Gasteiger partial charge in [-0.25, -0.2) is 4.79 Å². The second kappa shape index (κ2) is 6.72. The summed E-state index contributed by atoms with van der Waals surface area (Å²) in [5.74, 6) is -2.04. The molecule has 0 aliphatic heterocycles. The summed E-state index contributed by atoms with van der Waals surface area (Å²) in [7, 11) is 0. The molecule has 0 aliphatic carbocycles. The van der Waals surface area contributed by atoms with E-state index in [-0.39, 0.29) is 6.42 Å². The minimum atomic E-state index is -1.14. The zero-order valence-electron chi connectivity index (χ0n) is 12.1. The molecule has 0 bridgehead atoms. The van der Waals surface area contributed by atoms with E-state index in [2.05, 4.69) is 5.32 Å². The summed E-state index contributed by atoms with van der Waals surface area (Å²) >= 11 is 0. The molecular formula is C17H16N2O3. The molecule has 5 heteroatoms. The quantitative estimate of drug-likeness (QED) is 0.887. The summed E-state index contributed by atoms with van der Waals surface area (Å²) in [6, 6.07) is 13.7. The predicted octanol–water partition coefficient (Wildman–Crippen LogP) is 2.57. The van der Waals surface area contributed by atoms with Gasteiger partial charge in [0.25, 0.3) is 5.91 Å². The number of benzene rings is 2. The molecule has 2 atom stereocenters. The third-order valence-electron chi connectivity index (χ3n) is 3.42. The van der Waals surface area contributed by atoms with Crippen molar-refractivity contribution in [2.45, 2.75) is 19.4 Å². The van der Waals surface area contributed by atoms with Crippen molar-refractivity contribution in [2.24, 2.45) is 5.92 Å². The van der Waals surface area contributed by atoms with Crippen LogP contribution in [0.1, 0.15) is 23.7 Å². The number of carboxylic acids is 1. The number of carbonyl (C=O) groups is 2. The van der Waals surface area contributed by atoms with Gasteiger partial charge in [0, 0.05) is 11.5 Å². The van der Waals surface area contributed by atoms with Crippen molar-refractivity contribution < 1.29 is 14.7 Å². The highest BCUT2D eigenvalue weighted by Gasteiger charge is 2.23. The summed E-state index contributed by atoms with van der Waals surface area (Å²) in [4.78, 5) is 23.4. The minimum absolute atomic E-state index is 0.0746. The van der Waals surface area contributed by atoms with Crippen LogP contribution >= 0.6 is 0 Å². The Hall–Kier alpha value is -2.87. The maximum atomic E-state index is 12.2. The topological polar surface area (TPSA) is 90.2 Å². The fraction of sp³-hybridized carbons (Fsp3) is 0.235. The highest BCUT2D eigenvalue weighted by molar-refractivity contribution is 6.00. The first-order valence-corrected chi connectivity index (χ1v) is 6.93. The molecule has 0 spiro atoms. The molecule has 1 amide bonds. The Labute approximate surface area is 128 Å². The lowest BCUT2D eigenvalue weighted by Crippen LogP contribution is -2.41. The third-order valence-corrected chi connectivity index (χ3v) is 3.42. The lowest BCUT2D eigenvalue weighted by atomic mass is 10.0. The molecule has 0 unspecified atom stereocenters. The van der Waals surface area contributed by atoms with E-state index in [0.29, 0.717) is 5.56 Å². The number of carboxylic acid groups (broad SMARTS) is 1. The number of hydrogen-bond donors (Lipinski definition) is 2. The van der Waals surface area contributed by atoms with Gasteiger partial charge in [-0.3, -0.25) is 4.79 Å². The van der Waals surface area contributed by atoms with Gasteiger partial charge < -0.3 is 10.4 Å². The van der Waals surface area contributed by atoms with Crippen LogP contribution in [0.25, 0.3) is 10.8 Å². The molecule has 0 aliphatic rings. The van der Waals surface area contributed by atoms with Crippen molar-refractivity contribution in [1.29, 1.82) is 5.26 Å². The number of aliphatic carboxylic acids is 1. The summed E-state index contributed by atoms with van der Waals surface area (Å²) in [5, 5.41) is 22.3. The molecule has 0 fully saturated rings. The third kappa shape index (κ3) is 3.61. The van der Waals surface area contributed by atoms with E-state index in [0.717, 1.165) is 10.8 Å². The van der Waals surface area contributed by atoms with Crippen LogP contribution < -0.4 is 5.32 Å². The van der Waals surface area contributed by atoms with Crippen molar-refractivity contribution >= 4 is 22.6 Å². The molecule has 2 rings (SSSR count). The van der Waals surface area contributed by atoms with Gasteiger partial charge in [-0.15, -0.1) is 0 Å². The van der Waals surface area contributed by atoms with Gasteiger partial charge in [0.15, 0.2) is 0 Å². The van der Waals surface area contributed by atoms with E-state index in [1.54, 1.807) is 19.1 Å². The molecule has 2 N–H and O–H groups in total. The van der Waals surface area contributed by atoms with Crippen LogP contribution in [0.3, 0.4) is 0 Å². The Morgan fingerprint density at radius 1 is 1.23 bits per heavy atom. The molecular weight excluding hydrogens is 280 g/mol. The number of nitrogens with one attached hydrogen (secondary N) is 1. The SMILES string of the molecule is C[C@@H](C#N)C[C@H](NC(=O)c1ccc2ccccc2c1)C(=O)O. The zero-order valence-corrected chi connectivity index (χ0v) is 12.1. The maximum Gasteiger partial charge on any atom is 0.326 e. The van der Waals surface area contributed by atoms with Gasteiger partial charge in [-0.1, -0.05) is 30.3 Å². The Morgan fingerprint density at radius 3 is 2.55 bits per heavy atom. The second-order valence-corrected chi connectivity index (χ2v) is 5.19. The van der Waals surface area contributed by atoms with E-state index in [9.17, 15) is 9.59 Å². The maximum absolute atomic E-state index is 12.2. The average Bonchev–Trinajstić information content (AvgIpc) is 2.53. The van der Waals surface area contributed by atoms with Crippen LogP contribution in [0, 0.1) is 17.2 Å². The van der Waals surface area contributed by atoms with Crippen LogP contribution in [0.2, 0.25) is 0 Å². The van der Waals surface area contributed by atoms with Gasteiger partial charge >= 0.3 is 5.97 Å². The molecule has 5 nitrogen and oxygen atoms in total. The molecule has 0 aromatic heterocycles. The number of hydrogen-bond acceptors (Lipinski definition) is 3.